The third-order valence-electron chi connectivity index (χ3n) is 4.76. The molecule has 0 aliphatic carbocycles. The van der Waals surface area contributed by atoms with E-state index < -0.39 is 17.7 Å². The topological polar surface area (TPSA) is 92.9 Å². The van der Waals surface area contributed by atoms with Gasteiger partial charge in [-0.15, -0.1) is 0 Å². The van der Waals surface area contributed by atoms with Gasteiger partial charge in [0.1, 0.15) is 17.3 Å². The SMILES string of the molecule is COc1cccc([C@H]2/C(=C(\O)c3ccccc3)C(=O)C(=O)N2c2cc(C)on2)c1. The number of ether oxygens (including phenoxy) is 1. The van der Waals surface area contributed by atoms with Crippen molar-refractivity contribution < 1.29 is 24.0 Å². The van der Waals surface area contributed by atoms with Gasteiger partial charge in [0, 0.05) is 11.6 Å². The molecule has 1 N–H and O–H groups in total. The quantitative estimate of drug-likeness (QED) is 0.416. The van der Waals surface area contributed by atoms with Crippen LogP contribution in [0.25, 0.3) is 5.76 Å². The maximum absolute atomic E-state index is 13.0. The van der Waals surface area contributed by atoms with Crippen molar-refractivity contribution in [3.05, 3.63) is 83.1 Å². The first kappa shape index (κ1) is 18.5. The monoisotopic (exact) mass is 390 g/mol. The highest BCUT2D eigenvalue weighted by atomic mass is 16.5. The van der Waals surface area contributed by atoms with Gasteiger partial charge in [-0.3, -0.25) is 14.5 Å². The molecule has 0 radical (unpaired) electrons. The first-order valence-corrected chi connectivity index (χ1v) is 8.95. The zero-order valence-corrected chi connectivity index (χ0v) is 15.8. The number of aliphatic hydroxyl groups excluding tert-OH is 1. The standard InChI is InChI=1S/C22H18N2O5/c1-13-11-17(23-29-13)24-19(15-9-6-10-16(12-15)28-2)18(21(26)22(24)27)20(25)14-7-4-3-5-8-14/h3-12,19,25H,1-2H3/b20-18+/t19-/m0/s1. The second-order valence-corrected chi connectivity index (χ2v) is 6.61. The second-order valence-electron chi connectivity index (χ2n) is 6.61. The Morgan fingerprint density at radius 3 is 2.52 bits per heavy atom. The molecule has 1 aliphatic heterocycles. The van der Waals surface area contributed by atoms with Crippen molar-refractivity contribution in [2.75, 3.05) is 12.0 Å². The van der Waals surface area contributed by atoms with Gasteiger partial charge < -0.3 is 14.4 Å². The van der Waals surface area contributed by atoms with Crippen molar-refractivity contribution in [3.8, 4) is 5.75 Å². The van der Waals surface area contributed by atoms with E-state index in [9.17, 15) is 14.7 Å². The molecule has 7 nitrogen and oxygen atoms in total. The maximum Gasteiger partial charge on any atom is 0.301 e. The molecule has 146 valence electrons. The van der Waals surface area contributed by atoms with E-state index in [1.807, 2.05) is 0 Å². The summed E-state index contributed by atoms with van der Waals surface area (Å²) in [7, 11) is 1.53. The van der Waals surface area contributed by atoms with Gasteiger partial charge in [-0.05, 0) is 24.6 Å². The molecule has 2 heterocycles. The van der Waals surface area contributed by atoms with Crippen molar-refractivity contribution in [3.63, 3.8) is 0 Å². The van der Waals surface area contributed by atoms with E-state index in [0.717, 1.165) is 0 Å². The summed E-state index contributed by atoms with van der Waals surface area (Å²) >= 11 is 0. The Bertz CT molecular complexity index is 1120. The number of rotatable bonds is 4. The predicted octanol–water partition coefficient (Wildman–Crippen LogP) is 3.62. The highest BCUT2D eigenvalue weighted by molar-refractivity contribution is 6.51. The summed E-state index contributed by atoms with van der Waals surface area (Å²) < 4.78 is 10.4. The molecule has 1 aromatic heterocycles. The number of carbonyl (C=O) groups is 2. The van der Waals surface area contributed by atoms with Crippen molar-refractivity contribution in [2.24, 2.45) is 0 Å². The predicted molar refractivity (Wildman–Crippen MR) is 105 cm³/mol. The van der Waals surface area contributed by atoms with Crippen LogP contribution in [0.15, 0.2) is 70.8 Å². The number of anilines is 1. The van der Waals surface area contributed by atoms with Gasteiger partial charge in [0.15, 0.2) is 5.82 Å². The smallest absolute Gasteiger partial charge is 0.301 e. The van der Waals surface area contributed by atoms with Crippen LogP contribution in [0.4, 0.5) is 5.82 Å². The molecule has 3 aromatic rings. The van der Waals surface area contributed by atoms with Gasteiger partial charge >= 0.3 is 5.91 Å². The van der Waals surface area contributed by atoms with E-state index in [0.29, 0.717) is 22.6 Å². The van der Waals surface area contributed by atoms with Crippen LogP contribution < -0.4 is 9.64 Å². The summed E-state index contributed by atoms with van der Waals surface area (Å²) in [4.78, 5) is 27.1. The lowest BCUT2D eigenvalue weighted by molar-refractivity contribution is -0.132. The van der Waals surface area contributed by atoms with Gasteiger partial charge in [-0.25, -0.2) is 0 Å². The van der Waals surface area contributed by atoms with E-state index >= 15 is 0 Å². The zero-order valence-electron chi connectivity index (χ0n) is 15.8. The largest absolute Gasteiger partial charge is 0.507 e. The maximum atomic E-state index is 13.0. The molecule has 2 aromatic carbocycles. The molecule has 1 saturated heterocycles. The molecule has 1 atom stereocenters. The third kappa shape index (κ3) is 3.16. The second kappa shape index (κ2) is 7.27. The van der Waals surface area contributed by atoms with Crippen LogP contribution in [0, 0.1) is 6.92 Å². The molecule has 0 bridgehead atoms. The van der Waals surface area contributed by atoms with Gasteiger partial charge in [0.05, 0.1) is 18.7 Å². The van der Waals surface area contributed by atoms with Crippen LogP contribution in [0.2, 0.25) is 0 Å². The number of aliphatic hydroxyl groups is 1. The molecule has 0 unspecified atom stereocenters. The first-order valence-electron chi connectivity index (χ1n) is 8.95. The average molecular weight is 390 g/mol. The molecule has 1 amide bonds. The molecule has 29 heavy (non-hydrogen) atoms. The minimum absolute atomic E-state index is 0.0184. The fourth-order valence-corrected chi connectivity index (χ4v) is 3.41. The number of hydrogen-bond donors (Lipinski definition) is 1. The zero-order chi connectivity index (χ0) is 20.5. The fraction of sp³-hybridized carbons (Fsp3) is 0.136. The van der Waals surface area contributed by atoms with Gasteiger partial charge in [-0.1, -0.05) is 47.6 Å². The number of aromatic nitrogens is 1. The minimum Gasteiger partial charge on any atom is -0.507 e. The van der Waals surface area contributed by atoms with E-state index in [1.165, 1.54) is 12.0 Å². The number of benzene rings is 2. The van der Waals surface area contributed by atoms with Crippen LogP contribution in [-0.2, 0) is 9.59 Å². The summed E-state index contributed by atoms with van der Waals surface area (Å²) in [6.45, 7) is 1.69. The van der Waals surface area contributed by atoms with Crippen LogP contribution in [0.1, 0.15) is 22.9 Å². The number of amides is 1. The Balaban J connectivity index is 1.95. The van der Waals surface area contributed by atoms with Gasteiger partial charge in [0.25, 0.3) is 5.78 Å². The molecule has 0 spiro atoms. The van der Waals surface area contributed by atoms with Crippen LogP contribution in [0.5, 0.6) is 5.75 Å². The average Bonchev–Trinajstić information content (AvgIpc) is 3.29. The molecule has 0 saturated carbocycles. The Labute approximate surface area is 166 Å². The Hall–Kier alpha value is -3.87. The van der Waals surface area contributed by atoms with Crippen LogP contribution in [-0.4, -0.2) is 29.1 Å². The molecular formula is C22H18N2O5. The number of ketones is 1. The molecule has 4 rings (SSSR count). The first-order chi connectivity index (χ1) is 14.0. The van der Waals surface area contributed by atoms with Gasteiger partial charge in [-0.2, -0.15) is 0 Å². The summed E-state index contributed by atoms with van der Waals surface area (Å²) in [5, 5.41) is 14.9. The van der Waals surface area contributed by atoms with E-state index in [1.54, 1.807) is 67.6 Å². The number of aryl methyl sites for hydroxylation is 1. The number of Topliss-reactive ketones (excluding diaryl/α,β-unsaturated/α-hetero) is 1. The Morgan fingerprint density at radius 1 is 1.10 bits per heavy atom. The van der Waals surface area contributed by atoms with E-state index in [-0.39, 0.29) is 17.2 Å². The highest BCUT2D eigenvalue weighted by Gasteiger charge is 2.48. The van der Waals surface area contributed by atoms with Crippen LogP contribution in [0.3, 0.4) is 0 Å². The lowest BCUT2D eigenvalue weighted by Crippen LogP contribution is -2.29. The van der Waals surface area contributed by atoms with Crippen molar-refractivity contribution in [1.82, 2.24) is 5.16 Å². The van der Waals surface area contributed by atoms with Gasteiger partial charge in [0.2, 0.25) is 0 Å². The Kier molecular flexibility index (Phi) is 4.64. The van der Waals surface area contributed by atoms with Crippen molar-refractivity contribution in [2.45, 2.75) is 13.0 Å². The number of nitrogens with zero attached hydrogens (tertiary/aromatic N) is 2. The van der Waals surface area contributed by atoms with E-state index in [4.69, 9.17) is 9.26 Å². The Morgan fingerprint density at radius 2 is 1.86 bits per heavy atom. The highest BCUT2D eigenvalue weighted by Crippen LogP contribution is 2.42. The van der Waals surface area contributed by atoms with E-state index in [2.05, 4.69) is 5.16 Å². The number of hydrogen-bond acceptors (Lipinski definition) is 6. The minimum atomic E-state index is -0.880. The molecule has 1 fully saturated rings. The summed E-state index contributed by atoms with van der Waals surface area (Å²) in [6.07, 6.45) is 0. The lowest BCUT2D eigenvalue weighted by atomic mass is 9.95. The molecule has 7 heteroatoms. The molecular weight excluding hydrogens is 372 g/mol. The third-order valence-corrected chi connectivity index (χ3v) is 4.76. The van der Waals surface area contributed by atoms with Crippen LogP contribution >= 0.6 is 0 Å². The number of carbonyl (C=O) groups excluding carboxylic acids is 2. The summed E-state index contributed by atoms with van der Waals surface area (Å²) in [6, 6.07) is 16.3. The summed E-state index contributed by atoms with van der Waals surface area (Å²) in [5.41, 5.74) is 1.02. The van der Waals surface area contributed by atoms with Crippen molar-refractivity contribution >= 4 is 23.3 Å². The molecule has 1 aliphatic rings. The number of methoxy groups -OCH3 is 1. The fourth-order valence-electron chi connectivity index (χ4n) is 3.41. The van der Waals surface area contributed by atoms with Crippen molar-refractivity contribution in [1.29, 1.82) is 0 Å². The lowest BCUT2D eigenvalue weighted by Gasteiger charge is -2.23. The normalized spacial score (nSPS) is 18.3. The summed E-state index contributed by atoms with van der Waals surface area (Å²) in [5.74, 6) is -0.578.